The third-order valence-electron chi connectivity index (χ3n) is 5.26. The molecule has 0 amide bonds. The summed E-state index contributed by atoms with van der Waals surface area (Å²) in [7, 11) is 0.595. The van der Waals surface area contributed by atoms with E-state index in [9.17, 15) is 0 Å². The predicted octanol–water partition coefficient (Wildman–Crippen LogP) is 4.42. The molecule has 0 atom stereocenters. The summed E-state index contributed by atoms with van der Waals surface area (Å²) in [5.74, 6) is 0. The summed E-state index contributed by atoms with van der Waals surface area (Å²) in [5, 5.41) is 2.89. The quantitative estimate of drug-likeness (QED) is 0.409. The fourth-order valence-corrected chi connectivity index (χ4v) is 6.12. The van der Waals surface area contributed by atoms with Crippen molar-refractivity contribution in [2.24, 2.45) is 0 Å². The Morgan fingerprint density at radius 2 is 1.14 bits per heavy atom. The molecule has 3 heteroatoms. The Morgan fingerprint density at radius 1 is 0.679 bits per heavy atom. The largest absolute Gasteiger partial charge is 0.337 e. The molecule has 0 radical (unpaired) electrons. The van der Waals surface area contributed by atoms with E-state index in [2.05, 4.69) is 117 Å². The maximum atomic E-state index is 2.58. The zero-order chi connectivity index (χ0) is 19.9. The van der Waals surface area contributed by atoms with Gasteiger partial charge in [-0.25, -0.2) is 0 Å². The van der Waals surface area contributed by atoms with Crippen molar-refractivity contribution in [3.05, 3.63) is 90.5 Å². The van der Waals surface area contributed by atoms with Gasteiger partial charge in [0.25, 0.3) is 0 Å². The summed E-state index contributed by atoms with van der Waals surface area (Å²) in [6.07, 6.45) is 1.09. The second-order valence-electron chi connectivity index (χ2n) is 7.89. The van der Waals surface area contributed by atoms with Gasteiger partial charge in [-0.05, 0) is 36.2 Å². The van der Waals surface area contributed by atoms with Crippen LogP contribution in [0.5, 0.6) is 0 Å². The molecule has 0 aliphatic heterocycles. The molecule has 0 fully saturated rings. The van der Waals surface area contributed by atoms with Gasteiger partial charge >= 0.3 is 0 Å². The van der Waals surface area contributed by atoms with Crippen LogP contribution in [0.4, 0.5) is 0 Å². The Morgan fingerprint density at radius 3 is 1.64 bits per heavy atom. The Bertz CT molecular complexity index is 801. The second kappa shape index (κ2) is 10.1. The Hall–Kier alpha value is -1.89. The van der Waals surface area contributed by atoms with Crippen molar-refractivity contribution in [3.63, 3.8) is 0 Å². The standard InChI is InChI=1S/C25H31BNP/c1-20(2)27(21(3)4)26-25-18-12-11-13-22(25)19-28(23-14-7-5-8-15-23)24-16-9-6-10-17-24/h5-18,20-21,26H,19H2,1-4H3. The van der Waals surface area contributed by atoms with E-state index in [1.165, 1.54) is 21.6 Å². The van der Waals surface area contributed by atoms with Crippen molar-refractivity contribution in [1.29, 1.82) is 0 Å². The highest BCUT2D eigenvalue weighted by Gasteiger charge is 2.20. The van der Waals surface area contributed by atoms with Crippen LogP contribution in [-0.4, -0.2) is 24.3 Å². The predicted molar refractivity (Wildman–Crippen MR) is 128 cm³/mol. The average molecular weight is 387 g/mol. The third kappa shape index (κ3) is 5.34. The third-order valence-corrected chi connectivity index (χ3v) is 7.76. The van der Waals surface area contributed by atoms with Gasteiger partial charge in [0.05, 0.1) is 0 Å². The van der Waals surface area contributed by atoms with Gasteiger partial charge in [-0.3, -0.25) is 0 Å². The van der Waals surface area contributed by atoms with Crippen molar-refractivity contribution in [1.82, 2.24) is 4.81 Å². The molecular weight excluding hydrogens is 356 g/mol. The molecule has 3 aromatic rings. The van der Waals surface area contributed by atoms with Gasteiger partial charge in [0.15, 0.2) is 0 Å². The van der Waals surface area contributed by atoms with E-state index in [1.807, 2.05) is 0 Å². The van der Waals surface area contributed by atoms with Crippen LogP contribution in [0, 0.1) is 0 Å². The number of hydrogen-bond donors (Lipinski definition) is 0. The van der Waals surface area contributed by atoms with Crippen LogP contribution in [0.15, 0.2) is 84.9 Å². The maximum Gasteiger partial charge on any atom is 0.239 e. The van der Waals surface area contributed by atoms with Crippen molar-refractivity contribution in [3.8, 4) is 0 Å². The topological polar surface area (TPSA) is 3.24 Å². The minimum atomic E-state index is -0.418. The molecule has 0 heterocycles. The van der Waals surface area contributed by atoms with Gasteiger partial charge in [-0.2, -0.15) is 0 Å². The smallest absolute Gasteiger partial charge is 0.239 e. The summed E-state index contributed by atoms with van der Waals surface area (Å²) in [6, 6.07) is 32.1. The molecule has 0 aromatic heterocycles. The van der Waals surface area contributed by atoms with E-state index in [0.29, 0.717) is 12.1 Å². The van der Waals surface area contributed by atoms with Gasteiger partial charge in [0.2, 0.25) is 7.41 Å². The SMILES string of the molecule is CC(C)N(Bc1ccccc1CP(c1ccccc1)c1ccccc1)C(C)C. The summed E-state index contributed by atoms with van der Waals surface area (Å²) in [6.45, 7) is 9.18. The van der Waals surface area contributed by atoms with Gasteiger partial charge in [-0.15, -0.1) is 0 Å². The Balaban J connectivity index is 1.94. The molecular formula is C25H31BNP. The van der Waals surface area contributed by atoms with Crippen molar-refractivity contribution in [2.75, 3.05) is 0 Å². The van der Waals surface area contributed by atoms with E-state index in [1.54, 1.807) is 0 Å². The van der Waals surface area contributed by atoms with E-state index >= 15 is 0 Å². The molecule has 0 spiro atoms. The lowest BCUT2D eigenvalue weighted by molar-refractivity contribution is 0.315. The van der Waals surface area contributed by atoms with Crippen LogP contribution >= 0.6 is 7.92 Å². The summed E-state index contributed by atoms with van der Waals surface area (Å²) in [5.41, 5.74) is 2.94. The molecule has 0 N–H and O–H groups in total. The minimum Gasteiger partial charge on any atom is -0.337 e. The van der Waals surface area contributed by atoms with Crippen LogP contribution < -0.4 is 16.1 Å². The first kappa shape index (κ1) is 20.8. The molecule has 0 bridgehead atoms. The Labute approximate surface area is 172 Å². The molecule has 3 aromatic carbocycles. The monoisotopic (exact) mass is 387 g/mol. The van der Waals surface area contributed by atoms with Crippen LogP contribution in [0.25, 0.3) is 0 Å². The van der Waals surface area contributed by atoms with Gasteiger partial charge in [0, 0.05) is 6.16 Å². The number of hydrogen-bond acceptors (Lipinski definition) is 1. The molecule has 0 unspecified atom stereocenters. The number of rotatable bonds is 8. The lowest BCUT2D eigenvalue weighted by Crippen LogP contribution is -2.46. The highest BCUT2D eigenvalue weighted by atomic mass is 31.1. The van der Waals surface area contributed by atoms with Gasteiger partial charge in [-0.1, -0.05) is 118 Å². The molecule has 0 saturated heterocycles. The van der Waals surface area contributed by atoms with Crippen LogP contribution in [-0.2, 0) is 6.16 Å². The average Bonchev–Trinajstić information content (AvgIpc) is 2.72. The summed E-state index contributed by atoms with van der Waals surface area (Å²) >= 11 is 0. The maximum absolute atomic E-state index is 2.58. The first-order chi connectivity index (χ1) is 13.6. The van der Waals surface area contributed by atoms with Crippen LogP contribution in [0.1, 0.15) is 33.3 Å². The number of nitrogens with zero attached hydrogens (tertiary/aromatic N) is 1. The minimum absolute atomic E-state index is 0.418. The van der Waals surface area contributed by atoms with Crippen molar-refractivity contribution < 1.29 is 0 Å². The van der Waals surface area contributed by atoms with Crippen LogP contribution in [0.2, 0.25) is 0 Å². The second-order valence-corrected chi connectivity index (χ2v) is 10.1. The first-order valence-corrected chi connectivity index (χ1v) is 11.8. The molecule has 0 aliphatic carbocycles. The van der Waals surface area contributed by atoms with E-state index in [-0.39, 0.29) is 0 Å². The first-order valence-electron chi connectivity index (χ1n) is 10.3. The molecule has 28 heavy (non-hydrogen) atoms. The lowest BCUT2D eigenvalue weighted by atomic mass is 9.75. The molecule has 144 valence electrons. The van der Waals surface area contributed by atoms with Crippen molar-refractivity contribution >= 4 is 31.4 Å². The normalized spacial score (nSPS) is 11.6. The van der Waals surface area contributed by atoms with E-state index in [0.717, 1.165) is 13.6 Å². The zero-order valence-electron chi connectivity index (χ0n) is 17.5. The highest BCUT2D eigenvalue weighted by Crippen LogP contribution is 2.37. The highest BCUT2D eigenvalue weighted by molar-refractivity contribution is 7.72. The molecule has 0 aliphatic rings. The van der Waals surface area contributed by atoms with Gasteiger partial charge in [0.1, 0.15) is 0 Å². The van der Waals surface area contributed by atoms with Crippen molar-refractivity contribution in [2.45, 2.75) is 45.9 Å². The van der Waals surface area contributed by atoms with Gasteiger partial charge < -0.3 is 4.81 Å². The number of benzene rings is 3. The fourth-order valence-electron chi connectivity index (χ4n) is 3.74. The fraction of sp³-hybridized carbons (Fsp3) is 0.280. The Kier molecular flexibility index (Phi) is 7.48. The zero-order valence-corrected chi connectivity index (χ0v) is 18.4. The van der Waals surface area contributed by atoms with E-state index in [4.69, 9.17) is 0 Å². The van der Waals surface area contributed by atoms with Crippen LogP contribution in [0.3, 0.4) is 0 Å². The molecule has 1 nitrogen and oxygen atoms in total. The molecule has 3 rings (SSSR count). The van der Waals surface area contributed by atoms with E-state index < -0.39 is 7.92 Å². The summed E-state index contributed by atoms with van der Waals surface area (Å²) in [4.78, 5) is 2.58. The lowest BCUT2D eigenvalue weighted by Gasteiger charge is -2.31. The molecule has 0 saturated carbocycles. The summed E-state index contributed by atoms with van der Waals surface area (Å²) < 4.78 is 0.